The lowest BCUT2D eigenvalue weighted by Crippen LogP contribution is -2.34. The van der Waals surface area contributed by atoms with Crippen molar-refractivity contribution in [3.63, 3.8) is 0 Å². The molecule has 180 valence electrons. The molecular formula is C28H21NO6S. The van der Waals surface area contributed by atoms with E-state index in [1.165, 1.54) is 25.1 Å². The van der Waals surface area contributed by atoms with Crippen LogP contribution < -0.4 is 9.64 Å². The molecule has 1 unspecified atom stereocenters. The number of rotatable bonds is 4. The van der Waals surface area contributed by atoms with E-state index in [0.717, 1.165) is 20.9 Å². The zero-order valence-electron chi connectivity index (χ0n) is 19.5. The molecule has 0 bridgehead atoms. The van der Waals surface area contributed by atoms with Crippen LogP contribution >= 0.6 is 11.8 Å². The van der Waals surface area contributed by atoms with E-state index in [-0.39, 0.29) is 11.5 Å². The van der Waals surface area contributed by atoms with Crippen LogP contribution in [0.1, 0.15) is 17.3 Å². The molecule has 0 saturated heterocycles. The molecule has 1 amide bonds. The molecule has 2 aromatic carbocycles. The third kappa shape index (κ3) is 4.38. The Morgan fingerprint density at radius 1 is 1.06 bits per heavy atom. The molecule has 0 saturated carbocycles. The van der Waals surface area contributed by atoms with Crippen molar-refractivity contribution in [3.05, 3.63) is 113 Å². The number of fused-ring (bicyclic) bond motifs is 2. The van der Waals surface area contributed by atoms with E-state index in [1.54, 1.807) is 60.9 Å². The Balaban J connectivity index is 1.45. The summed E-state index contributed by atoms with van der Waals surface area (Å²) >= 11 is 1.23. The minimum absolute atomic E-state index is 0.191. The second-order valence-electron chi connectivity index (χ2n) is 8.06. The maximum absolute atomic E-state index is 13.4. The highest BCUT2D eigenvalue weighted by molar-refractivity contribution is 8.04. The van der Waals surface area contributed by atoms with Gasteiger partial charge in [-0.15, -0.1) is 0 Å². The van der Waals surface area contributed by atoms with E-state index in [2.05, 4.69) is 0 Å². The average Bonchev–Trinajstić information content (AvgIpc) is 3.22. The van der Waals surface area contributed by atoms with Gasteiger partial charge in [0.15, 0.2) is 0 Å². The Bertz CT molecular complexity index is 1430. The molecular weight excluding hydrogens is 478 g/mol. The van der Waals surface area contributed by atoms with Gasteiger partial charge in [0.25, 0.3) is 0 Å². The number of methoxy groups -OCH3 is 1. The lowest BCUT2D eigenvalue weighted by atomic mass is 9.97. The second kappa shape index (κ2) is 9.75. The van der Waals surface area contributed by atoms with E-state index >= 15 is 0 Å². The number of carbonyl (C=O) groups excluding carboxylic acids is 3. The van der Waals surface area contributed by atoms with Crippen molar-refractivity contribution in [2.75, 3.05) is 12.0 Å². The number of hydrogen-bond donors (Lipinski definition) is 0. The van der Waals surface area contributed by atoms with Crippen LogP contribution in [0.3, 0.4) is 0 Å². The number of ether oxygens (including phenoxy) is 3. The number of amides is 1. The van der Waals surface area contributed by atoms with E-state index in [4.69, 9.17) is 14.2 Å². The molecule has 2 heterocycles. The summed E-state index contributed by atoms with van der Waals surface area (Å²) in [6, 6.07) is 13.9. The van der Waals surface area contributed by atoms with Crippen molar-refractivity contribution in [3.8, 4) is 5.75 Å². The van der Waals surface area contributed by atoms with Crippen molar-refractivity contribution in [2.24, 2.45) is 0 Å². The molecule has 1 aliphatic carbocycles. The van der Waals surface area contributed by atoms with Crippen LogP contribution in [0.15, 0.2) is 112 Å². The summed E-state index contributed by atoms with van der Waals surface area (Å²) in [4.78, 5) is 41.6. The molecule has 0 fully saturated rings. The number of Topliss-reactive ketones (excluding diaryl/α,β-unsaturated/α-hetero) is 1. The molecule has 2 aliphatic heterocycles. The van der Waals surface area contributed by atoms with Gasteiger partial charge in [0.2, 0.25) is 5.78 Å². The quantitative estimate of drug-likeness (QED) is 0.329. The topological polar surface area (TPSA) is 82.1 Å². The number of hydrogen-bond acceptors (Lipinski definition) is 7. The number of anilines is 1. The van der Waals surface area contributed by atoms with Crippen LogP contribution in [0.2, 0.25) is 0 Å². The SMILES string of the molecule is COc1ccccc1N(C=C1Sc2ccccc2C1=O)C(=O)C(=O)OC1=CC2OC=CC(C)=C2C=C1. The highest BCUT2D eigenvalue weighted by atomic mass is 32.2. The normalized spacial score (nSPS) is 18.8. The third-order valence-corrected chi connectivity index (χ3v) is 6.90. The molecule has 0 N–H and O–H groups in total. The first-order valence-electron chi connectivity index (χ1n) is 11.1. The Morgan fingerprint density at radius 3 is 2.64 bits per heavy atom. The molecule has 0 spiro atoms. The lowest BCUT2D eigenvalue weighted by molar-refractivity contribution is -0.150. The molecule has 0 aromatic heterocycles. The highest BCUT2D eigenvalue weighted by Crippen LogP contribution is 2.41. The van der Waals surface area contributed by atoms with Gasteiger partial charge in [0.05, 0.1) is 24.0 Å². The van der Waals surface area contributed by atoms with Crippen molar-refractivity contribution >= 4 is 35.1 Å². The van der Waals surface area contributed by atoms with Crippen molar-refractivity contribution in [1.82, 2.24) is 0 Å². The number of ketones is 1. The summed E-state index contributed by atoms with van der Waals surface area (Å²) in [7, 11) is 1.46. The van der Waals surface area contributed by atoms with Crippen LogP contribution in [0.4, 0.5) is 5.69 Å². The second-order valence-corrected chi connectivity index (χ2v) is 9.14. The average molecular weight is 500 g/mol. The largest absolute Gasteiger partial charge is 0.495 e. The van der Waals surface area contributed by atoms with E-state index in [1.807, 2.05) is 25.1 Å². The first-order valence-corrected chi connectivity index (χ1v) is 11.9. The minimum Gasteiger partial charge on any atom is -0.495 e. The Hall–Kier alpha value is -4.30. The predicted octanol–water partition coefficient (Wildman–Crippen LogP) is 5.08. The van der Waals surface area contributed by atoms with Gasteiger partial charge in [-0.25, -0.2) is 4.79 Å². The van der Waals surface area contributed by atoms with Gasteiger partial charge < -0.3 is 14.2 Å². The smallest absolute Gasteiger partial charge is 0.403 e. The molecule has 36 heavy (non-hydrogen) atoms. The maximum Gasteiger partial charge on any atom is 0.403 e. The van der Waals surface area contributed by atoms with Gasteiger partial charge in [0.1, 0.15) is 17.6 Å². The first kappa shape index (κ1) is 23.4. The van der Waals surface area contributed by atoms with E-state index in [0.29, 0.717) is 21.9 Å². The van der Waals surface area contributed by atoms with Gasteiger partial charge in [-0.2, -0.15) is 0 Å². The summed E-state index contributed by atoms with van der Waals surface area (Å²) in [5, 5.41) is 0. The number of nitrogens with zero attached hydrogens (tertiary/aromatic N) is 1. The molecule has 3 aliphatic rings. The number of allylic oxidation sites excluding steroid dienone is 4. The molecule has 1 atom stereocenters. The van der Waals surface area contributed by atoms with Gasteiger partial charge in [0, 0.05) is 22.7 Å². The summed E-state index contributed by atoms with van der Waals surface area (Å²) in [5.74, 6) is -1.78. The van der Waals surface area contributed by atoms with Gasteiger partial charge in [-0.05, 0) is 54.5 Å². The fourth-order valence-corrected chi connectivity index (χ4v) is 4.99. The van der Waals surface area contributed by atoms with Crippen molar-refractivity contribution < 1.29 is 28.6 Å². The third-order valence-electron chi connectivity index (χ3n) is 5.82. The van der Waals surface area contributed by atoms with Crippen molar-refractivity contribution in [1.29, 1.82) is 0 Å². The summed E-state index contributed by atoms with van der Waals surface area (Å²) in [6.45, 7) is 1.96. The highest BCUT2D eigenvalue weighted by Gasteiger charge is 2.32. The number of thioether (sulfide) groups is 1. The van der Waals surface area contributed by atoms with Crippen LogP contribution in [0.25, 0.3) is 0 Å². The van der Waals surface area contributed by atoms with Gasteiger partial charge >= 0.3 is 11.9 Å². The lowest BCUT2D eigenvalue weighted by Gasteiger charge is -2.24. The number of para-hydroxylation sites is 2. The predicted molar refractivity (Wildman–Crippen MR) is 135 cm³/mol. The number of esters is 1. The molecule has 5 rings (SSSR count). The van der Waals surface area contributed by atoms with Crippen LogP contribution in [-0.4, -0.2) is 30.9 Å². The minimum atomic E-state index is -1.11. The summed E-state index contributed by atoms with van der Waals surface area (Å²) in [6.07, 6.45) is 9.42. The van der Waals surface area contributed by atoms with Crippen LogP contribution in [0, 0.1) is 0 Å². The monoisotopic (exact) mass is 499 g/mol. The maximum atomic E-state index is 13.4. The van der Waals surface area contributed by atoms with Crippen molar-refractivity contribution in [2.45, 2.75) is 17.9 Å². The van der Waals surface area contributed by atoms with Gasteiger partial charge in [-0.1, -0.05) is 42.1 Å². The molecule has 7 nitrogen and oxygen atoms in total. The van der Waals surface area contributed by atoms with Crippen LogP contribution in [-0.2, 0) is 19.1 Å². The first-order chi connectivity index (χ1) is 17.5. The Labute approximate surface area is 212 Å². The molecule has 0 radical (unpaired) electrons. The number of carbonyl (C=O) groups is 3. The number of benzene rings is 2. The fourth-order valence-electron chi connectivity index (χ4n) is 3.98. The molecule has 8 heteroatoms. The van der Waals surface area contributed by atoms with E-state index in [9.17, 15) is 14.4 Å². The molecule has 2 aromatic rings. The standard InChI is InChI=1S/C28H21NO6S/c1-17-13-14-34-23-15-18(11-12-19(17)23)35-28(32)27(31)29(21-8-4-5-9-22(21)33-2)16-25-26(30)20-7-3-6-10-24(20)36-25/h3-16,23H,1-2H3. The summed E-state index contributed by atoms with van der Waals surface area (Å²) in [5.41, 5.74) is 2.82. The Kier molecular flexibility index (Phi) is 6.35. The van der Waals surface area contributed by atoms with Gasteiger partial charge in [-0.3, -0.25) is 14.5 Å². The fraction of sp³-hybridized carbons (Fsp3) is 0.107. The zero-order valence-corrected chi connectivity index (χ0v) is 20.3. The van der Waals surface area contributed by atoms with E-state index < -0.39 is 18.0 Å². The van der Waals surface area contributed by atoms with Crippen LogP contribution in [0.5, 0.6) is 5.75 Å². The zero-order chi connectivity index (χ0) is 25.2. The Morgan fingerprint density at radius 2 is 1.83 bits per heavy atom. The summed E-state index contributed by atoms with van der Waals surface area (Å²) < 4.78 is 16.4.